The van der Waals surface area contributed by atoms with Crippen molar-refractivity contribution in [3.63, 3.8) is 0 Å². The summed E-state index contributed by atoms with van der Waals surface area (Å²) in [6.45, 7) is 0. The maximum Gasteiger partial charge on any atom is 0.105 e. The summed E-state index contributed by atoms with van der Waals surface area (Å²) >= 11 is 10.1. The molecule has 0 aromatic carbocycles. The first-order chi connectivity index (χ1) is 4.74. The Hall–Kier alpha value is 0.900. The maximum absolute atomic E-state index is 5.66. The third kappa shape index (κ3) is 2.20. The summed E-state index contributed by atoms with van der Waals surface area (Å²) in [6, 6.07) is 2.04. The molecular formula is C6H4ClI2N. The van der Waals surface area contributed by atoms with Crippen LogP contribution in [0.2, 0.25) is 0 Å². The Morgan fingerprint density at radius 2 is 2.20 bits per heavy atom. The average Bonchev–Trinajstić information content (AvgIpc) is 1.94. The van der Waals surface area contributed by atoms with Crippen LogP contribution < -0.4 is 0 Å². The fourth-order valence-electron chi connectivity index (χ4n) is 0.558. The van der Waals surface area contributed by atoms with E-state index >= 15 is 0 Å². The second kappa shape index (κ2) is 4.06. The molecule has 0 atom stereocenters. The molecule has 0 aliphatic rings. The Morgan fingerprint density at radius 3 is 2.70 bits per heavy atom. The van der Waals surface area contributed by atoms with Crippen LogP contribution in [0.4, 0.5) is 0 Å². The number of aromatic nitrogens is 1. The minimum Gasteiger partial charge on any atom is -0.249 e. The highest BCUT2D eigenvalue weighted by Gasteiger charge is 1.98. The molecule has 10 heavy (non-hydrogen) atoms. The molecule has 1 aromatic heterocycles. The fourth-order valence-corrected chi connectivity index (χ4v) is 1.99. The van der Waals surface area contributed by atoms with Gasteiger partial charge in [0.15, 0.2) is 0 Å². The van der Waals surface area contributed by atoms with Gasteiger partial charge in [0, 0.05) is 9.77 Å². The summed E-state index contributed by atoms with van der Waals surface area (Å²) in [5, 5.41) is 0. The minimum atomic E-state index is 0.544. The quantitative estimate of drug-likeness (QED) is 0.415. The van der Waals surface area contributed by atoms with Gasteiger partial charge in [-0.3, -0.25) is 0 Å². The highest BCUT2D eigenvalue weighted by atomic mass is 127. The highest BCUT2D eigenvalue weighted by molar-refractivity contribution is 14.1. The van der Waals surface area contributed by atoms with E-state index in [2.05, 4.69) is 50.2 Å². The summed E-state index contributed by atoms with van der Waals surface area (Å²) in [5.41, 5.74) is 1.11. The Kier molecular flexibility index (Phi) is 3.65. The SMILES string of the molecule is ClCc1cc(I)cnc1I. The second-order valence-corrected chi connectivity index (χ2v) is 4.27. The summed E-state index contributed by atoms with van der Waals surface area (Å²) in [5.74, 6) is 0.544. The molecule has 0 unspecified atom stereocenters. The Balaban J connectivity index is 3.09. The van der Waals surface area contributed by atoms with E-state index in [-0.39, 0.29) is 0 Å². The van der Waals surface area contributed by atoms with Gasteiger partial charge in [0.25, 0.3) is 0 Å². The van der Waals surface area contributed by atoms with Gasteiger partial charge in [-0.1, -0.05) is 0 Å². The number of nitrogens with zero attached hydrogens (tertiary/aromatic N) is 1. The first-order valence-electron chi connectivity index (χ1n) is 2.60. The molecule has 1 nitrogen and oxygen atoms in total. The van der Waals surface area contributed by atoms with Crippen LogP contribution in [0, 0.1) is 7.27 Å². The highest BCUT2D eigenvalue weighted by Crippen LogP contribution is 2.14. The molecule has 1 aromatic rings. The van der Waals surface area contributed by atoms with E-state index in [1.165, 1.54) is 0 Å². The number of rotatable bonds is 1. The van der Waals surface area contributed by atoms with Gasteiger partial charge in [-0.25, -0.2) is 4.98 Å². The summed E-state index contributed by atoms with van der Waals surface area (Å²) in [6.07, 6.45) is 1.83. The van der Waals surface area contributed by atoms with Crippen LogP contribution in [0.15, 0.2) is 12.3 Å². The summed E-state index contributed by atoms with van der Waals surface area (Å²) < 4.78 is 2.13. The topological polar surface area (TPSA) is 12.9 Å². The van der Waals surface area contributed by atoms with Crippen molar-refractivity contribution in [3.8, 4) is 0 Å². The standard InChI is InChI=1S/C6H4ClI2N/c7-2-4-1-5(8)3-10-6(4)9/h1,3H,2H2. The number of hydrogen-bond acceptors (Lipinski definition) is 1. The molecule has 1 heterocycles. The van der Waals surface area contributed by atoms with Crippen LogP contribution >= 0.6 is 56.8 Å². The molecule has 0 amide bonds. The van der Waals surface area contributed by atoms with Crippen molar-refractivity contribution >= 4 is 56.8 Å². The number of alkyl halides is 1. The van der Waals surface area contributed by atoms with Crippen LogP contribution in [0.3, 0.4) is 0 Å². The van der Waals surface area contributed by atoms with Gasteiger partial charge in [0.1, 0.15) is 3.70 Å². The molecule has 0 N–H and O–H groups in total. The van der Waals surface area contributed by atoms with Crippen molar-refractivity contribution in [2.75, 3.05) is 0 Å². The van der Waals surface area contributed by atoms with Crippen molar-refractivity contribution in [1.82, 2.24) is 4.98 Å². The van der Waals surface area contributed by atoms with Crippen molar-refractivity contribution < 1.29 is 0 Å². The van der Waals surface area contributed by atoms with Gasteiger partial charge >= 0.3 is 0 Å². The van der Waals surface area contributed by atoms with E-state index in [1.807, 2.05) is 12.3 Å². The number of pyridine rings is 1. The van der Waals surface area contributed by atoms with E-state index in [1.54, 1.807) is 0 Å². The Labute approximate surface area is 91.8 Å². The van der Waals surface area contributed by atoms with Crippen LogP contribution in [0.1, 0.15) is 5.56 Å². The number of halogens is 3. The molecule has 0 aliphatic carbocycles. The van der Waals surface area contributed by atoms with Crippen molar-refractivity contribution in [3.05, 3.63) is 25.1 Å². The lowest BCUT2D eigenvalue weighted by Gasteiger charge is -1.97. The molecule has 4 heteroatoms. The maximum atomic E-state index is 5.66. The molecule has 0 saturated heterocycles. The predicted octanol–water partition coefficient (Wildman–Crippen LogP) is 3.03. The lowest BCUT2D eigenvalue weighted by Crippen LogP contribution is -1.89. The van der Waals surface area contributed by atoms with E-state index in [9.17, 15) is 0 Å². The monoisotopic (exact) mass is 379 g/mol. The van der Waals surface area contributed by atoms with Crippen molar-refractivity contribution in [1.29, 1.82) is 0 Å². The van der Waals surface area contributed by atoms with E-state index in [0.29, 0.717) is 5.88 Å². The molecular weight excluding hydrogens is 375 g/mol. The predicted molar refractivity (Wildman–Crippen MR) is 59.2 cm³/mol. The van der Waals surface area contributed by atoms with Gasteiger partial charge < -0.3 is 0 Å². The zero-order chi connectivity index (χ0) is 7.56. The number of hydrogen-bond donors (Lipinski definition) is 0. The van der Waals surface area contributed by atoms with E-state index in [4.69, 9.17) is 11.6 Å². The zero-order valence-electron chi connectivity index (χ0n) is 4.94. The van der Waals surface area contributed by atoms with Crippen molar-refractivity contribution in [2.24, 2.45) is 0 Å². The van der Waals surface area contributed by atoms with Gasteiger partial charge in [0.05, 0.1) is 5.88 Å². The van der Waals surface area contributed by atoms with Crippen LogP contribution in [0.5, 0.6) is 0 Å². The molecule has 0 aliphatic heterocycles. The van der Waals surface area contributed by atoms with Crippen LogP contribution in [-0.4, -0.2) is 4.98 Å². The molecule has 0 radical (unpaired) electrons. The first-order valence-corrected chi connectivity index (χ1v) is 5.29. The van der Waals surface area contributed by atoms with Gasteiger partial charge in [-0.05, 0) is 56.8 Å². The molecule has 0 saturated carbocycles. The van der Waals surface area contributed by atoms with Gasteiger partial charge in [-0.15, -0.1) is 11.6 Å². The summed E-state index contributed by atoms with van der Waals surface area (Å²) in [7, 11) is 0. The molecule has 54 valence electrons. The average molecular weight is 379 g/mol. The van der Waals surface area contributed by atoms with Gasteiger partial charge in [-0.2, -0.15) is 0 Å². The lowest BCUT2D eigenvalue weighted by atomic mass is 10.3. The molecule has 0 spiro atoms. The third-order valence-electron chi connectivity index (χ3n) is 1.02. The zero-order valence-corrected chi connectivity index (χ0v) is 10.0. The normalized spacial score (nSPS) is 9.90. The fraction of sp³-hybridized carbons (Fsp3) is 0.167. The third-order valence-corrected chi connectivity index (χ3v) is 2.87. The lowest BCUT2D eigenvalue weighted by molar-refractivity contribution is 1.18. The van der Waals surface area contributed by atoms with E-state index in [0.717, 1.165) is 12.8 Å². The summed E-state index contributed by atoms with van der Waals surface area (Å²) in [4.78, 5) is 4.14. The van der Waals surface area contributed by atoms with E-state index < -0.39 is 0 Å². The molecule has 1 rings (SSSR count). The first kappa shape index (κ1) is 8.99. The molecule has 0 bridgehead atoms. The second-order valence-electron chi connectivity index (χ2n) is 1.74. The van der Waals surface area contributed by atoms with Crippen molar-refractivity contribution in [2.45, 2.75) is 5.88 Å². The largest absolute Gasteiger partial charge is 0.249 e. The van der Waals surface area contributed by atoms with Crippen LogP contribution in [0.25, 0.3) is 0 Å². The smallest absolute Gasteiger partial charge is 0.105 e. The Morgan fingerprint density at radius 1 is 1.50 bits per heavy atom. The minimum absolute atomic E-state index is 0.544. The Bertz CT molecular complexity index is 239. The van der Waals surface area contributed by atoms with Gasteiger partial charge in [0.2, 0.25) is 0 Å². The molecule has 0 fully saturated rings. The van der Waals surface area contributed by atoms with Crippen LogP contribution in [-0.2, 0) is 5.88 Å².